The predicted molar refractivity (Wildman–Crippen MR) is 101 cm³/mol. The topological polar surface area (TPSA) is 95.7 Å². The van der Waals surface area contributed by atoms with Crippen LogP contribution < -0.4 is 16.0 Å². The van der Waals surface area contributed by atoms with E-state index in [1.165, 1.54) is 23.5 Å². The molecule has 4 rings (SSSR count). The fraction of sp³-hybridized carbons (Fsp3) is 0.550. The summed E-state index contributed by atoms with van der Waals surface area (Å²) in [5, 5.41) is 2.93. The Hall–Kier alpha value is -2.64. The van der Waals surface area contributed by atoms with Crippen molar-refractivity contribution >= 4 is 23.4 Å². The van der Waals surface area contributed by atoms with E-state index >= 15 is 0 Å². The number of primary amides is 1. The monoisotopic (exact) mass is 388 g/mol. The second kappa shape index (κ2) is 7.41. The molecular weight excluding hydrogens is 363 g/mol. The number of hydrogen-bond donors (Lipinski definition) is 2. The molecule has 3 amide bonds. The Labute approximate surface area is 163 Å². The summed E-state index contributed by atoms with van der Waals surface area (Å²) in [6.07, 6.45) is 4.47. The number of anilines is 1. The van der Waals surface area contributed by atoms with Crippen LogP contribution in [0.2, 0.25) is 0 Å². The summed E-state index contributed by atoms with van der Waals surface area (Å²) < 4.78 is 13.4. The van der Waals surface area contributed by atoms with Gasteiger partial charge in [-0.05, 0) is 42.9 Å². The first-order chi connectivity index (χ1) is 13.4. The summed E-state index contributed by atoms with van der Waals surface area (Å²) in [5.74, 6) is -0.968. The highest BCUT2D eigenvalue weighted by molar-refractivity contribution is 6.35. The van der Waals surface area contributed by atoms with Crippen molar-refractivity contribution in [2.75, 3.05) is 31.1 Å². The van der Waals surface area contributed by atoms with Gasteiger partial charge >= 0.3 is 11.8 Å². The third-order valence-electron chi connectivity index (χ3n) is 6.23. The molecule has 1 heterocycles. The van der Waals surface area contributed by atoms with E-state index in [0.29, 0.717) is 37.8 Å². The highest BCUT2D eigenvalue weighted by atomic mass is 19.1. The third kappa shape index (κ3) is 3.68. The average molecular weight is 388 g/mol. The number of carbonyl (C=O) groups excluding carboxylic acids is 3. The Morgan fingerprint density at radius 1 is 1.11 bits per heavy atom. The number of rotatable bonds is 3. The molecule has 0 aromatic heterocycles. The van der Waals surface area contributed by atoms with Gasteiger partial charge in [-0.3, -0.25) is 14.4 Å². The van der Waals surface area contributed by atoms with Gasteiger partial charge in [0.2, 0.25) is 0 Å². The molecule has 1 aromatic carbocycles. The fourth-order valence-corrected chi connectivity index (χ4v) is 4.59. The Kier molecular flexibility index (Phi) is 4.95. The van der Waals surface area contributed by atoms with Gasteiger partial charge in [0.1, 0.15) is 5.82 Å². The van der Waals surface area contributed by atoms with Crippen LogP contribution >= 0.6 is 0 Å². The molecule has 0 bridgehead atoms. The van der Waals surface area contributed by atoms with Gasteiger partial charge in [-0.2, -0.15) is 0 Å². The van der Waals surface area contributed by atoms with Crippen LogP contribution in [0.4, 0.5) is 10.1 Å². The van der Waals surface area contributed by atoms with Crippen LogP contribution in [0.25, 0.3) is 0 Å². The van der Waals surface area contributed by atoms with Crippen molar-refractivity contribution in [3.8, 4) is 0 Å². The number of nitrogens with zero attached hydrogens (tertiary/aromatic N) is 2. The van der Waals surface area contributed by atoms with Gasteiger partial charge in [-0.15, -0.1) is 0 Å². The summed E-state index contributed by atoms with van der Waals surface area (Å²) in [5.41, 5.74) is 6.03. The second-order valence-corrected chi connectivity index (χ2v) is 7.98. The van der Waals surface area contributed by atoms with Gasteiger partial charge in [-0.1, -0.05) is 12.8 Å². The number of piperazine rings is 1. The van der Waals surface area contributed by atoms with Crippen molar-refractivity contribution in [3.05, 3.63) is 29.6 Å². The molecule has 1 saturated heterocycles. The van der Waals surface area contributed by atoms with E-state index in [-0.39, 0.29) is 11.6 Å². The van der Waals surface area contributed by atoms with Gasteiger partial charge in [0, 0.05) is 37.9 Å². The summed E-state index contributed by atoms with van der Waals surface area (Å²) in [6.45, 7) is 1.61. The molecular formula is C20H25FN4O3. The summed E-state index contributed by atoms with van der Waals surface area (Å²) in [4.78, 5) is 39.9. The van der Waals surface area contributed by atoms with E-state index in [1.54, 1.807) is 0 Å². The minimum Gasteiger partial charge on any atom is -0.367 e. The number of amides is 3. The number of carbonyl (C=O) groups is 3. The molecule has 7 nitrogen and oxygen atoms in total. The lowest BCUT2D eigenvalue weighted by Crippen LogP contribution is -2.54. The van der Waals surface area contributed by atoms with Crippen molar-refractivity contribution in [2.24, 2.45) is 17.6 Å². The number of nitrogens with one attached hydrogen (secondary N) is 1. The molecule has 0 radical (unpaired) electrons. The number of fused-ring (bicyclic) bond motifs is 1. The van der Waals surface area contributed by atoms with Crippen LogP contribution in [0.15, 0.2) is 18.2 Å². The van der Waals surface area contributed by atoms with Crippen molar-refractivity contribution in [2.45, 2.75) is 31.7 Å². The smallest absolute Gasteiger partial charge is 0.312 e. The summed E-state index contributed by atoms with van der Waals surface area (Å²) >= 11 is 0. The predicted octanol–water partition coefficient (Wildman–Crippen LogP) is 0.878. The lowest BCUT2D eigenvalue weighted by atomic mass is 9.95. The Morgan fingerprint density at radius 3 is 2.57 bits per heavy atom. The van der Waals surface area contributed by atoms with Crippen LogP contribution in [0.1, 0.15) is 36.0 Å². The zero-order chi connectivity index (χ0) is 19.8. The third-order valence-corrected chi connectivity index (χ3v) is 6.23. The number of nitrogens with two attached hydrogens (primary N) is 1. The van der Waals surface area contributed by atoms with Gasteiger partial charge in [0.25, 0.3) is 5.91 Å². The van der Waals surface area contributed by atoms with E-state index in [0.717, 1.165) is 31.2 Å². The lowest BCUT2D eigenvalue weighted by Gasteiger charge is -2.36. The van der Waals surface area contributed by atoms with E-state index in [1.807, 2.05) is 4.90 Å². The van der Waals surface area contributed by atoms with Crippen molar-refractivity contribution in [1.29, 1.82) is 0 Å². The first-order valence-corrected chi connectivity index (χ1v) is 9.88. The van der Waals surface area contributed by atoms with Crippen LogP contribution in [0, 0.1) is 17.7 Å². The summed E-state index contributed by atoms with van der Waals surface area (Å²) in [6, 6.07) is 4.06. The molecule has 1 aliphatic heterocycles. The quantitative estimate of drug-likeness (QED) is 0.752. The van der Waals surface area contributed by atoms with E-state index in [2.05, 4.69) is 5.32 Å². The number of hydrogen-bond acceptors (Lipinski definition) is 4. The molecule has 0 spiro atoms. The summed E-state index contributed by atoms with van der Waals surface area (Å²) in [7, 11) is 0. The molecule has 3 unspecified atom stereocenters. The molecule has 1 aromatic rings. The molecule has 3 N–H and O–H groups in total. The van der Waals surface area contributed by atoms with Gasteiger partial charge in [-0.25, -0.2) is 4.39 Å². The largest absolute Gasteiger partial charge is 0.367 e. The lowest BCUT2D eigenvalue weighted by molar-refractivity contribution is -0.146. The molecule has 3 aliphatic rings. The molecule has 2 aliphatic carbocycles. The Balaban J connectivity index is 1.34. The van der Waals surface area contributed by atoms with Crippen LogP contribution in [-0.2, 0) is 9.59 Å². The van der Waals surface area contributed by atoms with Gasteiger partial charge in [0.15, 0.2) is 0 Å². The highest BCUT2D eigenvalue weighted by Gasteiger charge is 2.46. The van der Waals surface area contributed by atoms with Crippen LogP contribution in [0.5, 0.6) is 0 Å². The normalized spacial score (nSPS) is 26.4. The van der Waals surface area contributed by atoms with E-state index in [9.17, 15) is 18.8 Å². The molecule has 3 fully saturated rings. The minimum absolute atomic E-state index is 0.119. The molecule has 3 atom stereocenters. The van der Waals surface area contributed by atoms with Crippen molar-refractivity contribution < 1.29 is 18.8 Å². The zero-order valence-electron chi connectivity index (χ0n) is 15.7. The highest BCUT2D eigenvalue weighted by Crippen LogP contribution is 2.49. The van der Waals surface area contributed by atoms with Gasteiger partial charge < -0.3 is 20.9 Å². The molecule has 28 heavy (non-hydrogen) atoms. The van der Waals surface area contributed by atoms with Gasteiger partial charge in [0.05, 0.1) is 5.56 Å². The van der Waals surface area contributed by atoms with E-state index < -0.39 is 23.5 Å². The second-order valence-electron chi connectivity index (χ2n) is 7.98. The maximum absolute atomic E-state index is 13.4. The fourth-order valence-electron chi connectivity index (χ4n) is 4.59. The SMILES string of the molecule is NC(=O)c1cc(F)ccc1N1CCN(C(=O)C(=O)NC2CCCC3CC32)CC1. The molecule has 150 valence electrons. The average Bonchev–Trinajstić information content (AvgIpc) is 3.48. The Bertz CT molecular complexity index is 807. The standard InChI is InChI=1S/C20H25FN4O3/c21-13-4-5-17(15(11-13)18(22)26)24-6-8-25(9-7-24)20(28)19(27)23-16-3-1-2-12-10-14(12)16/h4-5,11-12,14,16H,1-3,6-10H2,(H2,22,26)(H,23,27). The zero-order valence-corrected chi connectivity index (χ0v) is 15.7. The first kappa shape index (κ1) is 18.7. The number of halogens is 1. The van der Waals surface area contributed by atoms with Crippen molar-refractivity contribution in [3.63, 3.8) is 0 Å². The maximum atomic E-state index is 13.4. The molecule has 8 heteroatoms. The van der Waals surface area contributed by atoms with Crippen molar-refractivity contribution in [1.82, 2.24) is 10.2 Å². The van der Waals surface area contributed by atoms with Crippen LogP contribution in [-0.4, -0.2) is 54.8 Å². The Morgan fingerprint density at radius 2 is 1.86 bits per heavy atom. The maximum Gasteiger partial charge on any atom is 0.312 e. The van der Waals surface area contributed by atoms with Crippen LogP contribution in [0.3, 0.4) is 0 Å². The molecule has 2 saturated carbocycles. The number of benzene rings is 1. The minimum atomic E-state index is -0.696. The first-order valence-electron chi connectivity index (χ1n) is 9.88. The van der Waals surface area contributed by atoms with E-state index in [4.69, 9.17) is 5.73 Å².